The van der Waals surface area contributed by atoms with Crippen LogP contribution in [0.15, 0.2) is 36.4 Å². The van der Waals surface area contributed by atoms with Gasteiger partial charge in [0.05, 0.1) is 13.2 Å². The number of carbonyl (C=O) groups is 1. The monoisotopic (exact) mass is 506 g/mol. The van der Waals surface area contributed by atoms with Gasteiger partial charge in [-0.15, -0.1) is 0 Å². The molecule has 0 aliphatic heterocycles. The Balaban J connectivity index is 1.39. The molecule has 0 aromatic heterocycles. The lowest BCUT2D eigenvalue weighted by Crippen LogP contribution is -2.48. The Kier molecular flexibility index (Phi) is 7.43. The van der Waals surface area contributed by atoms with Crippen LogP contribution in [0, 0.1) is 29.6 Å². The Morgan fingerprint density at radius 2 is 1.76 bits per heavy atom. The molecule has 0 radical (unpaired) electrons. The highest BCUT2D eigenvalue weighted by Crippen LogP contribution is 2.62. The van der Waals surface area contributed by atoms with Gasteiger partial charge in [0.25, 0.3) is 0 Å². The highest BCUT2D eigenvalue weighted by atomic mass is 16.7. The number of aliphatic hydroxyl groups is 1. The van der Waals surface area contributed by atoms with Crippen molar-refractivity contribution in [1.29, 1.82) is 0 Å². The van der Waals surface area contributed by atoms with E-state index in [4.69, 9.17) is 19.3 Å². The number of aromatic carboxylic acids is 1. The summed E-state index contributed by atoms with van der Waals surface area (Å²) < 4.78 is 16.8. The summed E-state index contributed by atoms with van der Waals surface area (Å²) in [5, 5.41) is 29.8. The molecular formula is C30H34O7. The molecule has 1 atom stereocenters. The van der Waals surface area contributed by atoms with Crippen molar-refractivity contribution in [1.82, 2.24) is 0 Å². The van der Waals surface area contributed by atoms with E-state index in [0.29, 0.717) is 24.3 Å². The number of aromatic hydroxyl groups is 1. The highest BCUT2D eigenvalue weighted by Gasteiger charge is 2.52. The van der Waals surface area contributed by atoms with Crippen LogP contribution < -0.4 is 4.74 Å². The summed E-state index contributed by atoms with van der Waals surface area (Å²) in [5.41, 5.74) is 2.16. The van der Waals surface area contributed by atoms with E-state index in [1.54, 1.807) is 7.11 Å². The molecule has 196 valence electrons. The summed E-state index contributed by atoms with van der Waals surface area (Å²) >= 11 is 0. The maximum atomic E-state index is 11.1. The average molecular weight is 507 g/mol. The van der Waals surface area contributed by atoms with Crippen molar-refractivity contribution in [2.24, 2.45) is 17.8 Å². The number of hydrogen-bond acceptors (Lipinski definition) is 6. The van der Waals surface area contributed by atoms with Crippen LogP contribution in [0.1, 0.15) is 71.7 Å². The summed E-state index contributed by atoms with van der Waals surface area (Å²) in [4.78, 5) is 11.1. The molecule has 7 nitrogen and oxygen atoms in total. The fourth-order valence-electron chi connectivity index (χ4n) is 7.04. The van der Waals surface area contributed by atoms with Gasteiger partial charge in [0.15, 0.2) is 6.79 Å². The van der Waals surface area contributed by atoms with Crippen molar-refractivity contribution in [3.05, 3.63) is 58.7 Å². The van der Waals surface area contributed by atoms with Gasteiger partial charge in [-0.25, -0.2) is 4.79 Å². The van der Waals surface area contributed by atoms with E-state index in [0.717, 1.165) is 23.5 Å². The zero-order chi connectivity index (χ0) is 26.0. The molecule has 0 saturated heterocycles. The smallest absolute Gasteiger partial charge is 0.339 e. The lowest BCUT2D eigenvalue weighted by Gasteiger charge is -2.57. The third-order valence-electron chi connectivity index (χ3n) is 8.24. The molecule has 2 aromatic rings. The summed E-state index contributed by atoms with van der Waals surface area (Å²) in [6.45, 7) is 1.02. The number of hydrogen-bond donors (Lipinski definition) is 3. The minimum Gasteiger partial charge on any atom is -0.507 e. The molecule has 7 heteroatoms. The van der Waals surface area contributed by atoms with Crippen molar-refractivity contribution < 1.29 is 34.3 Å². The zero-order valence-corrected chi connectivity index (χ0v) is 21.1. The zero-order valence-electron chi connectivity index (χ0n) is 21.1. The fraction of sp³-hybridized carbons (Fsp3) is 0.500. The van der Waals surface area contributed by atoms with Gasteiger partial charge in [-0.3, -0.25) is 0 Å². The van der Waals surface area contributed by atoms with Crippen LogP contribution in [0.25, 0.3) is 0 Å². The van der Waals surface area contributed by atoms with Gasteiger partial charge >= 0.3 is 5.97 Å². The minimum atomic E-state index is -1.21. The molecule has 4 fully saturated rings. The second-order valence-corrected chi connectivity index (χ2v) is 10.8. The molecule has 6 rings (SSSR count). The Hall–Kier alpha value is -3.05. The number of carboxylic acid groups (broad SMARTS) is 1. The quantitative estimate of drug-likeness (QED) is 0.258. The molecule has 0 spiro atoms. The molecule has 4 aliphatic carbocycles. The van der Waals surface area contributed by atoms with E-state index >= 15 is 0 Å². The number of methoxy groups -OCH3 is 1. The molecule has 37 heavy (non-hydrogen) atoms. The Bertz CT molecular complexity index is 1170. The van der Waals surface area contributed by atoms with Crippen molar-refractivity contribution in [2.45, 2.75) is 50.0 Å². The van der Waals surface area contributed by atoms with Crippen molar-refractivity contribution >= 4 is 5.97 Å². The molecule has 4 bridgehead atoms. The van der Waals surface area contributed by atoms with E-state index in [9.17, 15) is 15.0 Å². The number of benzene rings is 2. The van der Waals surface area contributed by atoms with Gasteiger partial charge in [0.2, 0.25) is 0 Å². The number of phenols is 1. The lowest BCUT2D eigenvalue weighted by atomic mass is 9.48. The van der Waals surface area contributed by atoms with Crippen LogP contribution in [0.2, 0.25) is 0 Å². The lowest BCUT2D eigenvalue weighted by molar-refractivity contribution is -0.0190. The van der Waals surface area contributed by atoms with E-state index in [2.05, 4.69) is 17.9 Å². The van der Waals surface area contributed by atoms with Crippen LogP contribution in [0.3, 0.4) is 0 Å². The van der Waals surface area contributed by atoms with Crippen molar-refractivity contribution in [3.8, 4) is 23.3 Å². The third-order valence-corrected chi connectivity index (χ3v) is 8.24. The van der Waals surface area contributed by atoms with E-state index in [1.807, 2.05) is 12.1 Å². The Morgan fingerprint density at radius 3 is 2.38 bits per heavy atom. The third kappa shape index (κ3) is 5.47. The highest BCUT2D eigenvalue weighted by molar-refractivity contribution is 5.90. The van der Waals surface area contributed by atoms with Crippen LogP contribution >= 0.6 is 0 Å². The van der Waals surface area contributed by atoms with E-state index < -0.39 is 12.1 Å². The largest absolute Gasteiger partial charge is 0.507 e. The van der Waals surface area contributed by atoms with Crippen LogP contribution in [0.5, 0.6) is 11.5 Å². The van der Waals surface area contributed by atoms with Crippen LogP contribution in [-0.4, -0.2) is 48.4 Å². The first-order valence-corrected chi connectivity index (χ1v) is 13.0. The number of rotatable bonds is 9. The van der Waals surface area contributed by atoms with Crippen LogP contribution in [0.4, 0.5) is 0 Å². The Morgan fingerprint density at radius 1 is 1.05 bits per heavy atom. The predicted octanol–water partition coefficient (Wildman–Crippen LogP) is 4.64. The first-order valence-electron chi connectivity index (χ1n) is 13.0. The molecule has 0 amide bonds. The SMILES string of the molecule is COCCOCOc1cc(C(O)C#Cc2ccc(C(=O)O)c(O)c2)ccc1C12CC3CC(CC(C3)C1)C2. The van der Waals surface area contributed by atoms with Gasteiger partial charge in [0.1, 0.15) is 23.2 Å². The average Bonchev–Trinajstić information content (AvgIpc) is 2.86. The number of carboxylic acids is 1. The van der Waals surface area contributed by atoms with Gasteiger partial charge in [-0.05, 0) is 91.5 Å². The standard InChI is InChI=1S/C30H34O7/c1-35-8-9-36-18-37-28-14-23(26(31)7-3-19-2-5-24(29(33)34)27(32)13-19)4-6-25(28)30-15-20-10-21(16-30)12-22(11-20)17-30/h2,4-6,13-14,20-22,26,31-32H,8-12,15-18H2,1H3,(H,33,34). The first-order chi connectivity index (χ1) is 17.9. The van der Waals surface area contributed by atoms with E-state index in [1.165, 1.54) is 62.3 Å². The minimum absolute atomic E-state index is 0.100. The maximum absolute atomic E-state index is 11.1. The normalized spacial score (nSPS) is 26.4. The summed E-state index contributed by atoms with van der Waals surface area (Å²) in [5.74, 6) is 7.16. The fourth-order valence-corrected chi connectivity index (χ4v) is 7.04. The van der Waals surface area contributed by atoms with Gasteiger partial charge in [0, 0.05) is 18.2 Å². The molecule has 1 unspecified atom stereocenters. The summed E-state index contributed by atoms with van der Waals surface area (Å²) in [7, 11) is 1.63. The van der Waals surface area contributed by atoms with Crippen molar-refractivity contribution in [2.75, 3.05) is 27.1 Å². The summed E-state index contributed by atoms with van der Waals surface area (Å²) in [6.07, 6.45) is 6.55. The summed E-state index contributed by atoms with van der Waals surface area (Å²) in [6, 6.07) is 9.99. The second kappa shape index (κ2) is 10.7. The molecule has 0 heterocycles. The van der Waals surface area contributed by atoms with Gasteiger partial charge in [-0.1, -0.05) is 24.0 Å². The first kappa shape index (κ1) is 25.6. The second-order valence-electron chi connectivity index (χ2n) is 10.8. The molecule has 2 aromatic carbocycles. The Labute approximate surface area is 217 Å². The maximum Gasteiger partial charge on any atom is 0.339 e. The molecule has 3 N–H and O–H groups in total. The van der Waals surface area contributed by atoms with Crippen molar-refractivity contribution in [3.63, 3.8) is 0 Å². The van der Waals surface area contributed by atoms with E-state index in [-0.39, 0.29) is 23.5 Å². The van der Waals surface area contributed by atoms with Crippen LogP contribution in [-0.2, 0) is 14.9 Å². The molecule has 4 saturated carbocycles. The predicted molar refractivity (Wildman–Crippen MR) is 137 cm³/mol. The molecule has 4 aliphatic rings. The molecular weight excluding hydrogens is 472 g/mol. The van der Waals surface area contributed by atoms with Gasteiger partial charge < -0.3 is 29.5 Å². The topological polar surface area (TPSA) is 105 Å². The van der Waals surface area contributed by atoms with Gasteiger partial charge in [-0.2, -0.15) is 0 Å². The number of ether oxygens (including phenoxy) is 3. The number of aliphatic hydroxyl groups excluding tert-OH is 1.